The summed E-state index contributed by atoms with van der Waals surface area (Å²) >= 11 is 5.95. The molecule has 72 valence electrons. The first kappa shape index (κ1) is 10.5. The molecule has 0 radical (unpaired) electrons. The summed E-state index contributed by atoms with van der Waals surface area (Å²) in [7, 11) is 1.82. The summed E-state index contributed by atoms with van der Waals surface area (Å²) in [5.74, 6) is -0.261. The largest absolute Gasteiger partial charge is 0.311 e. The lowest BCUT2D eigenvalue weighted by Gasteiger charge is -2.25. The minimum atomic E-state index is -0.306. The van der Waals surface area contributed by atoms with Crippen molar-refractivity contribution in [2.45, 2.75) is 19.4 Å². The molecule has 13 heavy (non-hydrogen) atoms. The second-order valence-corrected chi connectivity index (χ2v) is 3.91. The summed E-state index contributed by atoms with van der Waals surface area (Å²) < 4.78 is 12.9. The van der Waals surface area contributed by atoms with E-state index < -0.39 is 0 Å². The third kappa shape index (κ3) is 2.20. The summed E-state index contributed by atoms with van der Waals surface area (Å²) in [4.78, 5) is 0. The molecular formula is C10H13ClFN. The van der Waals surface area contributed by atoms with E-state index in [1.54, 1.807) is 6.07 Å². The zero-order chi connectivity index (χ0) is 10.1. The van der Waals surface area contributed by atoms with Crippen LogP contribution in [0.4, 0.5) is 4.39 Å². The lowest BCUT2D eigenvalue weighted by Crippen LogP contribution is -2.33. The molecule has 3 heteroatoms. The van der Waals surface area contributed by atoms with Gasteiger partial charge < -0.3 is 5.32 Å². The average molecular weight is 202 g/mol. The highest BCUT2D eigenvalue weighted by Gasteiger charge is 2.21. The first-order chi connectivity index (χ1) is 5.97. The molecule has 1 aromatic carbocycles. The molecule has 0 aromatic heterocycles. The van der Waals surface area contributed by atoms with Gasteiger partial charge in [0.25, 0.3) is 0 Å². The molecule has 1 rings (SSSR count). The summed E-state index contributed by atoms with van der Waals surface area (Å²) in [5.41, 5.74) is 0.468. The monoisotopic (exact) mass is 201 g/mol. The van der Waals surface area contributed by atoms with Crippen molar-refractivity contribution in [3.63, 3.8) is 0 Å². The van der Waals surface area contributed by atoms with Crippen molar-refractivity contribution in [1.29, 1.82) is 0 Å². The standard InChI is InChI=1S/C10H13ClFN/c1-10(2,13-3)8-6-7(12)4-5-9(8)11/h4-6,13H,1-3H3. The van der Waals surface area contributed by atoms with Gasteiger partial charge in [0, 0.05) is 10.6 Å². The molecule has 0 aliphatic heterocycles. The van der Waals surface area contributed by atoms with E-state index in [0.29, 0.717) is 5.02 Å². The van der Waals surface area contributed by atoms with Crippen LogP contribution in [0.3, 0.4) is 0 Å². The second-order valence-electron chi connectivity index (χ2n) is 3.50. The van der Waals surface area contributed by atoms with Crippen LogP contribution < -0.4 is 5.32 Å². The Morgan fingerprint density at radius 3 is 2.54 bits per heavy atom. The Labute approximate surface area is 82.9 Å². The van der Waals surface area contributed by atoms with Gasteiger partial charge in [-0.15, -0.1) is 0 Å². The van der Waals surface area contributed by atoms with Gasteiger partial charge in [0.05, 0.1) is 0 Å². The number of rotatable bonds is 2. The Morgan fingerprint density at radius 1 is 1.38 bits per heavy atom. The highest BCUT2D eigenvalue weighted by atomic mass is 35.5. The Bertz CT molecular complexity index is 310. The first-order valence-corrected chi connectivity index (χ1v) is 4.49. The van der Waals surface area contributed by atoms with Crippen LogP contribution in [0.2, 0.25) is 5.02 Å². The van der Waals surface area contributed by atoms with E-state index >= 15 is 0 Å². The van der Waals surface area contributed by atoms with E-state index in [2.05, 4.69) is 5.32 Å². The van der Waals surface area contributed by atoms with Crippen LogP contribution in [0.25, 0.3) is 0 Å². The fourth-order valence-electron chi connectivity index (χ4n) is 1.11. The number of benzene rings is 1. The van der Waals surface area contributed by atoms with Crippen LogP contribution in [0, 0.1) is 5.82 Å². The second kappa shape index (κ2) is 3.64. The highest BCUT2D eigenvalue weighted by molar-refractivity contribution is 6.31. The fourth-order valence-corrected chi connectivity index (χ4v) is 1.46. The lowest BCUT2D eigenvalue weighted by molar-refractivity contribution is 0.441. The van der Waals surface area contributed by atoms with Crippen molar-refractivity contribution < 1.29 is 4.39 Å². The van der Waals surface area contributed by atoms with E-state index in [-0.39, 0.29) is 11.4 Å². The predicted molar refractivity (Wildman–Crippen MR) is 53.5 cm³/mol. The average Bonchev–Trinajstić information content (AvgIpc) is 2.09. The molecule has 0 aliphatic rings. The van der Waals surface area contributed by atoms with Gasteiger partial charge in [0.1, 0.15) is 5.82 Å². The molecule has 0 spiro atoms. The zero-order valence-electron chi connectivity index (χ0n) is 7.99. The molecule has 0 saturated heterocycles. The highest BCUT2D eigenvalue weighted by Crippen LogP contribution is 2.27. The Morgan fingerprint density at radius 2 is 2.00 bits per heavy atom. The molecule has 1 nitrogen and oxygen atoms in total. The molecule has 0 unspecified atom stereocenters. The number of hydrogen-bond donors (Lipinski definition) is 1. The van der Waals surface area contributed by atoms with E-state index in [1.165, 1.54) is 12.1 Å². The van der Waals surface area contributed by atoms with Crippen LogP contribution in [0.15, 0.2) is 18.2 Å². The molecule has 0 amide bonds. The van der Waals surface area contributed by atoms with E-state index in [4.69, 9.17) is 11.6 Å². The van der Waals surface area contributed by atoms with Crippen LogP contribution >= 0.6 is 11.6 Å². The van der Waals surface area contributed by atoms with Crippen molar-refractivity contribution in [3.8, 4) is 0 Å². The van der Waals surface area contributed by atoms with Crippen LogP contribution in [0.5, 0.6) is 0 Å². The first-order valence-electron chi connectivity index (χ1n) is 4.12. The molecule has 0 saturated carbocycles. The summed E-state index contributed by atoms with van der Waals surface area (Å²) in [6.07, 6.45) is 0. The lowest BCUT2D eigenvalue weighted by atomic mass is 9.94. The Kier molecular flexibility index (Phi) is 2.94. The van der Waals surface area contributed by atoms with Gasteiger partial charge in [-0.2, -0.15) is 0 Å². The summed E-state index contributed by atoms with van der Waals surface area (Å²) in [6, 6.07) is 4.39. The maximum Gasteiger partial charge on any atom is 0.123 e. The molecule has 1 aromatic rings. The fraction of sp³-hybridized carbons (Fsp3) is 0.400. The molecule has 0 aliphatic carbocycles. The van der Waals surface area contributed by atoms with Gasteiger partial charge in [-0.05, 0) is 44.7 Å². The van der Waals surface area contributed by atoms with Crippen molar-refractivity contribution in [2.75, 3.05) is 7.05 Å². The summed E-state index contributed by atoms with van der Waals surface area (Å²) in [5, 5.41) is 3.66. The van der Waals surface area contributed by atoms with E-state index in [0.717, 1.165) is 5.56 Å². The number of nitrogens with one attached hydrogen (secondary N) is 1. The van der Waals surface area contributed by atoms with Gasteiger partial charge in [-0.3, -0.25) is 0 Å². The maximum absolute atomic E-state index is 12.9. The van der Waals surface area contributed by atoms with Crippen LogP contribution in [-0.2, 0) is 5.54 Å². The molecule has 0 fully saturated rings. The van der Waals surface area contributed by atoms with Crippen molar-refractivity contribution in [2.24, 2.45) is 0 Å². The third-order valence-electron chi connectivity index (χ3n) is 2.23. The normalized spacial score (nSPS) is 11.8. The van der Waals surface area contributed by atoms with Crippen molar-refractivity contribution in [3.05, 3.63) is 34.6 Å². The van der Waals surface area contributed by atoms with E-state index in [9.17, 15) is 4.39 Å². The zero-order valence-corrected chi connectivity index (χ0v) is 8.74. The Balaban J connectivity index is 3.20. The molecule has 0 heterocycles. The third-order valence-corrected chi connectivity index (χ3v) is 2.56. The molecule has 0 atom stereocenters. The van der Waals surface area contributed by atoms with E-state index in [1.807, 2.05) is 20.9 Å². The van der Waals surface area contributed by atoms with Crippen LogP contribution in [-0.4, -0.2) is 7.05 Å². The summed E-state index contributed by atoms with van der Waals surface area (Å²) in [6.45, 7) is 3.90. The van der Waals surface area contributed by atoms with Gasteiger partial charge in [-0.1, -0.05) is 11.6 Å². The minimum Gasteiger partial charge on any atom is -0.311 e. The van der Waals surface area contributed by atoms with Crippen LogP contribution in [0.1, 0.15) is 19.4 Å². The van der Waals surface area contributed by atoms with Gasteiger partial charge in [0.2, 0.25) is 0 Å². The number of hydrogen-bond acceptors (Lipinski definition) is 1. The smallest absolute Gasteiger partial charge is 0.123 e. The topological polar surface area (TPSA) is 12.0 Å². The molecular weight excluding hydrogens is 189 g/mol. The van der Waals surface area contributed by atoms with Crippen molar-refractivity contribution in [1.82, 2.24) is 5.32 Å². The molecule has 1 N–H and O–H groups in total. The van der Waals surface area contributed by atoms with Gasteiger partial charge in [-0.25, -0.2) is 4.39 Å². The molecule has 0 bridgehead atoms. The maximum atomic E-state index is 12.9. The SMILES string of the molecule is CNC(C)(C)c1cc(F)ccc1Cl. The minimum absolute atomic E-state index is 0.261. The van der Waals surface area contributed by atoms with Crippen molar-refractivity contribution >= 4 is 11.6 Å². The number of halogens is 2. The Hall–Kier alpha value is -0.600. The predicted octanol–water partition coefficient (Wildman–Crippen LogP) is 2.93. The van der Waals surface area contributed by atoms with Gasteiger partial charge in [0.15, 0.2) is 0 Å². The van der Waals surface area contributed by atoms with Gasteiger partial charge >= 0.3 is 0 Å². The quantitative estimate of drug-likeness (QED) is 0.776.